The summed E-state index contributed by atoms with van der Waals surface area (Å²) in [5.41, 5.74) is 1.85. The topological polar surface area (TPSA) is 44.5 Å². The molecule has 3 aliphatic rings. The molecule has 4 heterocycles. The summed E-state index contributed by atoms with van der Waals surface area (Å²) >= 11 is 0. The van der Waals surface area contributed by atoms with Crippen LogP contribution in [0.3, 0.4) is 0 Å². The summed E-state index contributed by atoms with van der Waals surface area (Å²) in [4.78, 5) is 4.98. The molecule has 5 heteroatoms. The monoisotopic (exact) mass is 318 g/mol. The van der Waals surface area contributed by atoms with Crippen molar-refractivity contribution in [2.45, 2.75) is 63.6 Å². The lowest BCUT2D eigenvalue weighted by Gasteiger charge is -2.53. The predicted octanol–water partition coefficient (Wildman–Crippen LogP) is 1.74. The molecular weight excluding hydrogens is 288 g/mol. The summed E-state index contributed by atoms with van der Waals surface area (Å²) < 4.78 is 2.17. The lowest BCUT2D eigenvalue weighted by molar-refractivity contribution is -0.120. The van der Waals surface area contributed by atoms with Gasteiger partial charge in [-0.25, -0.2) is 0 Å². The molecule has 3 saturated heterocycles. The standard InChI is InChI=1S/C18H30N4O/c1-14-10-15(2)22(19-14)16-11-20(12-16)13-18(23)7-5-9-21-8-4-3-6-17(18)21/h10,16-17,23H,3-9,11-13H2,1-2H3/t17-,18-/m1/s1. The van der Waals surface area contributed by atoms with Crippen molar-refractivity contribution < 1.29 is 5.11 Å². The Labute approximate surface area is 139 Å². The fraction of sp³-hybridized carbons (Fsp3) is 0.833. The summed E-state index contributed by atoms with van der Waals surface area (Å²) in [5, 5.41) is 15.9. The minimum absolute atomic E-state index is 0.387. The number of piperidine rings is 2. The molecule has 128 valence electrons. The zero-order chi connectivity index (χ0) is 16.0. The van der Waals surface area contributed by atoms with E-state index in [2.05, 4.69) is 39.5 Å². The number of hydrogen-bond donors (Lipinski definition) is 1. The van der Waals surface area contributed by atoms with Gasteiger partial charge in [0.1, 0.15) is 0 Å². The Hall–Kier alpha value is -0.910. The number of aliphatic hydroxyl groups is 1. The lowest BCUT2D eigenvalue weighted by Crippen LogP contribution is -2.65. The quantitative estimate of drug-likeness (QED) is 0.922. The molecular formula is C18H30N4O. The molecule has 0 saturated carbocycles. The van der Waals surface area contributed by atoms with Gasteiger partial charge in [0.05, 0.1) is 17.3 Å². The number of β-amino-alcohol motifs (C(OH)–C–C–N with tert-alkyl or cyclic N) is 1. The first-order valence-electron chi connectivity index (χ1n) is 9.27. The minimum Gasteiger partial charge on any atom is -0.387 e. The minimum atomic E-state index is -0.501. The Morgan fingerprint density at radius 3 is 2.74 bits per heavy atom. The third kappa shape index (κ3) is 2.83. The molecule has 0 aromatic carbocycles. The molecule has 1 aromatic rings. The number of likely N-dealkylation sites (tertiary alicyclic amines) is 1. The van der Waals surface area contributed by atoms with Gasteiger partial charge < -0.3 is 5.11 Å². The Morgan fingerprint density at radius 1 is 1.22 bits per heavy atom. The van der Waals surface area contributed by atoms with Gasteiger partial charge in [0.2, 0.25) is 0 Å². The number of rotatable bonds is 3. The highest BCUT2D eigenvalue weighted by atomic mass is 16.3. The number of nitrogens with zero attached hydrogens (tertiary/aromatic N) is 4. The highest BCUT2D eigenvalue weighted by Crippen LogP contribution is 2.36. The Balaban J connectivity index is 1.38. The Kier molecular flexibility index (Phi) is 3.98. The van der Waals surface area contributed by atoms with Crippen molar-refractivity contribution in [1.82, 2.24) is 19.6 Å². The van der Waals surface area contributed by atoms with Crippen molar-refractivity contribution in [3.63, 3.8) is 0 Å². The second-order valence-corrected chi connectivity index (χ2v) is 7.97. The molecule has 0 radical (unpaired) electrons. The molecule has 0 aliphatic carbocycles. The fourth-order valence-electron chi connectivity index (χ4n) is 5.04. The van der Waals surface area contributed by atoms with Gasteiger partial charge in [-0.1, -0.05) is 6.42 Å². The molecule has 3 aliphatic heterocycles. The number of fused-ring (bicyclic) bond motifs is 1. The van der Waals surface area contributed by atoms with Gasteiger partial charge in [-0.2, -0.15) is 5.10 Å². The van der Waals surface area contributed by atoms with Crippen LogP contribution in [-0.2, 0) is 0 Å². The van der Waals surface area contributed by atoms with Gasteiger partial charge in [0, 0.05) is 31.4 Å². The molecule has 5 nitrogen and oxygen atoms in total. The first kappa shape index (κ1) is 15.6. The number of aryl methyl sites for hydroxylation is 2. The van der Waals surface area contributed by atoms with E-state index in [1.165, 1.54) is 38.0 Å². The molecule has 2 atom stereocenters. The van der Waals surface area contributed by atoms with Gasteiger partial charge in [-0.3, -0.25) is 14.5 Å². The van der Waals surface area contributed by atoms with Gasteiger partial charge in [0.25, 0.3) is 0 Å². The Bertz CT molecular complexity index is 563. The van der Waals surface area contributed by atoms with Crippen LogP contribution in [0.25, 0.3) is 0 Å². The van der Waals surface area contributed by atoms with E-state index in [1.807, 2.05) is 0 Å². The Morgan fingerprint density at radius 2 is 2.00 bits per heavy atom. The average molecular weight is 318 g/mol. The second-order valence-electron chi connectivity index (χ2n) is 7.97. The van der Waals surface area contributed by atoms with E-state index in [0.29, 0.717) is 12.1 Å². The van der Waals surface area contributed by atoms with E-state index in [0.717, 1.165) is 38.2 Å². The van der Waals surface area contributed by atoms with Crippen LogP contribution in [0.15, 0.2) is 6.07 Å². The maximum Gasteiger partial charge on any atom is 0.0928 e. The first-order valence-corrected chi connectivity index (χ1v) is 9.27. The SMILES string of the molecule is Cc1cc(C)n(C2CN(C[C@]3(O)CCCN4CCCC[C@@H]43)C2)n1. The van der Waals surface area contributed by atoms with E-state index in [4.69, 9.17) is 0 Å². The fourth-order valence-corrected chi connectivity index (χ4v) is 5.04. The maximum absolute atomic E-state index is 11.3. The van der Waals surface area contributed by atoms with Crippen molar-refractivity contribution in [1.29, 1.82) is 0 Å². The summed E-state index contributed by atoms with van der Waals surface area (Å²) in [7, 11) is 0. The van der Waals surface area contributed by atoms with Crippen LogP contribution in [0.4, 0.5) is 0 Å². The van der Waals surface area contributed by atoms with Crippen molar-refractivity contribution in [2.24, 2.45) is 0 Å². The van der Waals surface area contributed by atoms with Gasteiger partial charge in [-0.05, 0) is 58.7 Å². The molecule has 0 bridgehead atoms. The molecule has 23 heavy (non-hydrogen) atoms. The summed E-state index contributed by atoms with van der Waals surface area (Å²) in [6, 6.07) is 3.02. The van der Waals surface area contributed by atoms with E-state index in [9.17, 15) is 5.11 Å². The average Bonchev–Trinajstić information content (AvgIpc) is 2.81. The summed E-state index contributed by atoms with van der Waals surface area (Å²) in [6.07, 6.45) is 5.86. The first-order chi connectivity index (χ1) is 11.0. The van der Waals surface area contributed by atoms with E-state index in [1.54, 1.807) is 0 Å². The molecule has 0 spiro atoms. The molecule has 1 aromatic heterocycles. The molecule has 0 unspecified atom stereocenters. The van der Waals surface area contributed by atoms with Crippen molar-refractivity contribution >= 4 is 0 Å². The van der Waals surface area contributed by atoms with Crippen LogP contribution < -0.4 is 0 Å². The molecule has 4 rings (SSSR count). The summed E-state index contributed by atoms with van der Waals surface area (Å²) in [5.74, 6) is 0. The van der Waals surface area contributed by atoms with Crippen molar-refractivity contribution in [3.05, 3.63) is 17.5 Å². The van der Waals surface area contributed by atoms with Crippen molar-refractivity contribution in [3.8, 4) is 0 Å². The highest BCUT2D eigenvalue weighted by molar-refractivity contribution is 5.10. The van der Waals surface area contributed by atoms with Gasteiger partial charge in [-0.15, -0.1) is 0 Å². The molecule has 0 amide bonds. The van der Waals surface area contributed by atoms with Crippen LogP contribution in [0, 0.1) is 13.8 Å². The number of hydrogen-bond acceptors (Lipinski definition) is 4. The van der Waals surface area contributed by atoms with Crippen LogP contribution >= 0.6 is 0 Å². The van der Waals surface area contributed by atoms with E-state index < -0.39 is 5.60 Å². The second kappa shape index (κ2) is 5.87. The van der Waals surface area contributed by atoms with Crippen LogP contribution in [0.1, 0.15) is 49.5 Å². The third-order valence-electron chi connectivity index (χ3n) is 6.11. The summed E-state index contributed by atoms with van der Waals surface area (Å²) in [6.45, 7) is 9.44. The smallest absolute Gasteiger partial charge is 0.0928 e. The largest absolute Gasteiger partial charge is 0.387 e. The zero-order valence-electron chi connectivity index (χ0n) is 14.5. The van der Waals surface area contributed by atoms with E-state index >= 15 is 0 Å². The van der Waals surface area contributed by atoms with Gasteiger partial charge in [0.15, 0.2) is 0 Å². The van der Waals surface area contributed by atoms with Crippen LogP contribution in [0.2, 0.25) is 0 Å². The lowest BCUT2D eigenvalue weighted by atomic mass is 9.78. The highest BCUT2D eigenvalue weighted by Gasteiger charge is 2.46. The van der Waals surface area contributed by atoms with Crippen molar-refractivity contribution in [2.75, 3.05) is 32.7 Å². The molecule has 1 N–H and O–H groups in total. The zero-order valence-corrected chi connectivity index (χ0v) is 14.5. The molecule has 3 fully saturated rings. The predicted molar refractivity (Wildman–Crippen MR) is 90.6 cm³/mol. The normalized spacial score (nSPS) is 33.4. The van der Waals surface area contributed by atoms with Crippen LogP contribution in [0.5, 0.6) is 0 Å². The van der Waals surface area contributed by atoms with E-state index in [-0.39, 0.29) is 0 Å². The third-order valence-corrected chi connectivity index (χ3v) is 6.11. The van der Waals surface area contributed by atoms with Gasteiger partial charge >= 0.3 is 0 Å². The number of aromatic nitrogens is 2. The van der Waals surface area contributed by atoms with Crippen LogP contribution in [-0.4, -0.2) is 69.1 Å². The maximum atomic E-state index is 11.3.